The van der Waals surface area contributed by atoms with Crippen LogP contribution in [0.25, 0.3) is 0 Å². The minimum absolute atomic E-state index is 0.191. The second-order valence-electron chi connectivity index (χ2n) is 5.36. The Kier molecular flexibility index (Phi) is 3.44. The maximum absolute atomic E-state index is 10.3. The molecule has 0 spiro atoms. The Balaban J connectivity index is 1.95. The van der Waals surface area contributed by atoms with Crippen LogP contribution in [-0.2, 0) is 0 Å². The highest BCUT2D eigenvalue weighted by Crippen LogP contribution is 2.41. The number of hydrogen-bond acceptors (Lipinski definition) is 3. The van der Waals surface area contributed by atoms with E-state index in [1.54, 1.807) is 24.7 Å². The Labute approximate surface area is 123 Å². The summed E-state index contributed by atoms with van der Waals surface area (Å²) in [5.74, 6) is 0.689. The molecule has 1 aliphatic heterocycles. The van der Waals surface area contributed by atoms with Gasteiger partial charge in [-0.2, -0.15) is 0 Å². The number of aliphatic hydroxyl groups excluding tert-OH is 1. The Hall–Kier alpha value is -1.52. The number of rotatable bonds is 2. The molecule has 0 saturated carbocycles. The first-order chi connectivity index (χ1) is 9.56. The molecule has 0 fully saturated rings. The van der Waals surface area contributed by atoms with E-state index in [2.05, 4.69) is 23.4 Å². The normalized spacial score (nSPS) is 21.6. The third kappa shape index (κ3) is 2.30. The summed E-state index contributed by atoms with van der Waals surface area (Å²) in [4.78, 5) is 4.19. The van der Waals surface area contributed by atoms with Crippen molar-refractivity contribution in [2.45, 2.75) is 38.5 Å². The molecule has 1 aromatic carbocycles. The van der Waals surface area contributed by atoms with Crippen LogP contribution in [0.3, 0.4) is 0 Å². The second kappa shape index (κ2) is 5.11. The molecule has 1 N–H and O–H groups in total. The van der Waals surface area contributed by atoms with Crippen molar-refractivity contribution >= 4 is 11.6 Å². The van der Waals surface area contributed by atoms with E-state index >= 15 is 0 Å². The number of fused-ring (bicyclic) bond motifs is 1. The van der Waals surface area contributed by atoms with E-state index in [1.807, 2.05) is 6.07 Å². The van der Waals surface area contributed by atoms with Crippen LogP contribution in [0.1, 0.15) is 49.8 Å². The summed E-state index contributed by atoms with van der Waals surface area (Å²) in [5.41, 5.74) is 1.74. The van der Waals surface area contributed by atoms with E-state index in [9.17, 15) is 5.11 Å². The van der Waals surface area contributed by atoms with Crippen molar-refractivity contribution in [1.82, 2.24) is 9.55 Å². The predicted octanol–water partition coefficient (Wildman–Crippen LogP) is 3.67. The number of hydrogen-bond donors (Lipinski definition) is 1. The SMILES string of the molecule is CC(C)n1cncc1C1C[C@@H](O)c2cc(Cl)ccc2O1. The lowest BCUT2D eigenvalue weighted by molar-refractivity contribution is 0.0614. The monoisotopic (exact) mass is 292 g/mol. The molecule has 2 atom stereocenters. The number of benzene rings is 1. The Morgan fingerprint density at radius 2 is 2.25 bits per heavy atom. The summed E-state index contributed by atoms with van der Waals surface area (Å²) < 4.78 is 8.08. The molecule has 2 heterocycles. The van der Waals surface area contributed by atoms with Crippen molar-refractivity contribution < 1.29 is 9.84 Å². The van der Waals surface area contributed by atoms with Crippen LogP contribution in [0.5, 0.6) is 5.75 Å². The molecule has 2 aromatic rings. The van der Waals surface area contributed by atoms with Gasteiger partial charge in [0.25, 0.3) is 0 Å². The van der Waals surface area contributed by atoms with Gasteiger partial charge < -0.3 is 14.4 Å². The van der Waals surface area contributed by atoms with E-state index in [0.717, 1.165) is 11.3 Å². The summed E-state index contributed by atoms with van der Waals surface area (Å²) in [5, 5.41) is 10.9. The van der Waals surface area contributed by atoms with Crippen molar-refractivity contribution in [1.29, 1.82) is 0 Å². The molecular formula is C15H17ClN2O2. The first-order valence-corrected chi connectivity index (χ1v) is 7.10. The summed E-state index contributed by atoms with van der Waals surface area (Å²) in [6, 6.07) is 5.65. The second-order valence-corrected chi connectivity index (χ2v) is 5.80. The predicted molar refractivity (Wildman–Crippen MR) is 77.0 cm³/mol. The van der Waals surface area contributed by atoms with Crippen LogP contribution in [0.2, 0.25) is 5.02 Å². The van der Waals surface area contributed by atoms with Gasteiger partial charge in [0.15, 0.2) is 0 Å². The maximum Gasteiger partial charge on any atom is 0.143 e. The standard InChI is InChI=1S/C15H17ClN2O2/c1-9(2)18-8-17-7-12(18)15-6-13(19)11-5-10(16)3-4-14(11)20-15/h3-5,7-9,13,15,19H,6H2,1-2H3/t13-,15?/m1/s1. The number of aromatic nitrogens is 2. The van der Waals surface area contributed by atoms with Crippen molar-refractivity contribution in [2.24, 2.45) is 0 Å². The van der Waals surface area contributed by atoms with Crippen molar-refractivity contribution in [3.05, 3.63) is 47.0 Å². The minimum Gasteiger partial charge on any atom is -0.484 e. The van der Waals surface area contributed by atoms with Crippen LogP contribution in [0, 0.1) is 0 Å². The molecule has 3 rings (SSSR count). The van der Waals surface area contributed by atoms with Crippen LogP contribution in [0.15, 0.2) is 30.7 Å². The molecule has 0 amide bonds. The van der Waals surface area contributed by atoms with E-state index in [0.29, 0.717) is 23.2 Å². The molecule has 106 valence electrons. The summed E-state index contributed by atoms with van der Waals surface area (Å²) in [7, 11) is 0. The molecule has 5 heteroatoms. The van der Waals surface area contributed by atoms with Gasteiger partial charge in [0, 0.05) is 23.0 Å². The number of aliphatic hydroxyl groups is 1. The molecular weight excluding hydrogens is 276 g/mol. The topological polar surface area (TPSA) is 47.3 Å². The van der Waals surface area contributed by atoms with Gasteiger partial charge in [-0.25, -0.2) is 4.98 Å². The summed E-state index contributed by atoms with van der Waals surface area (Å²) in [6.45, 7) is 4.19. The lowest BCUT2D eigenvalue weighted by Gasteiger charge is -2.30. The first-order valence-electron chi connectivity index (χ1n) is 6.72. The van der Waals surface area contributed by atoms with Gasteiger partial charge in [0.2, 0.25) is 0 Å². The van der Waals surface area contributed by atoms with Gasteiger partial charge in [-0.05, 0) is 32.0 Å². The molecule has 0 aliphatic carbocycles. The highest BCUT2D eigenvalue weighted by atomic mass is 35.5. The lowest BCUT2D eigenvalue weighted by Crippen LogP contribution is -2.22. The quantitative estimate of drug-likeness (QED) is 0.918. The van der Waals surface area contributed by atoms with Gasteiger partial charge in [0.1, 0.15) is 11.9 Å². The highest BCUT2D eigenvalue weighted by molar-refractivity contribution is 6.30. The number of imidazole rings is 1. The molecule has 1 aliphatic rings. The van der Waals surface area contributed by atoms with Crippen LogP contribution < -0.4 is 4.74 Å². The zero-order valence-corrected chi connectivity index (χ0v) is 12.2. The summed E-state index contributed by atoms with van der Waals surface area (Å²) >= 11 is 5.96. The van der Waals surface area contributed by atoms with Gasteiger partial charge in [0.05, 0.1) is 24.3 Å². The minimum atomic E-state index is -0.571. The van der Waals surface area contributed by atoms with E-state index < -0.39 is 6.10 Å². The third-order valence-corrected chi connectivity index (χ3v) is 3.85. The highest BCUT2D eigenvalue weighted by Gasteiger charge is 2.30. The van der Waals surface area contributed by atoms with Crippen LogP contribution in [-0.4, -0.2) is 14.7 Å². The molecule has 0 radical (unpaired) electrons. The lowest BCUT2D eigenvalue weighted by atomic mass is 9.97. The fourth-order valence-corrected chi connectivity index (χ4v) is 2.78. The number of halogens is 1. The van der Waals surface area contributed by atoms with Crippen molar-refractivity contribution in [3.8, 4) is 5.75 Å². The molecule has 0 bridgehead atoms. The molecule has 1 unspecified atom stereocenters. The molecule has 0 saturated heterocycles. The third-order valence-electron chi connectivity index (χ3n) is 3.62. The number of nitrogens with zero attached hydrogens (tertiary/aromatic N) is 2. The fourth-order valence-electron chi connectivity index (χ4n) is 2.60. The van der Waals surface area contributed by atoms with Crippen molar-refractivity contribution in [3.63, 3.8) is 0 Å². The van der Waals surface area contributed by atoms with E-state index in [4.69, 9.17) is 16.3 Å². The first kappa shape index (κ1) is 13.5. The molecule has 1 aromatic heterocycles. The van der Waals surface area contributed by atoms with Crippen LogP contribution >= 0.6 is 11.6 Å². The average molecular weight is 293 g/mol. The zero-order valence-electron chi connectivity index (χ0n) is 11.5. The van der Waals surface area contributed by atoms with Gasteiger partial charge >= 0.3 is 0 Å². The van der Waals surface area contributed by atoms with Crippen molar-refractivity contribution in [2.75, 3.05) is 0 Å². The Morgan fingerprint density at radius 3 is 3.00 bits per heavy atom. The van der Waals surface area contributed by atoms with Gasteiger partial charge in [-0.3, -0.25) is 0 Å². The Morgan fingerprint density at radius 1 is 1.45 bits per heavy atom. The van der Waals surface area contributed by atoms with Gasteiger partial charge in [-0.1, -0.05) is 11.6 Å². The van der Waals surface area contributed by atoms with Crippen LogP contribution in [0.4, 0.5) is 0 Å². The Bertz CT molecular complexity index is 624. The average Bonchev–Trinajstić information content (AvgIpc) is 2.89. The smallest absolute Gasteiger partial charge is 0.143 e. The van der Waals surface area contributed by atoms with E-state index in [1.165, 1.54) is 0 Å². The maximum atomic E-state index is 10.3. The zero-order chi connectivity index (χ0) is 14.3. The summed E-state index contributed by atoms with van der Waals surface area (Å²) in [6.07, 6.45) is 3.35. The largest absolute Gasteiger partial charge is 0.484 e. The molecule has 20 heavy (non-hydrogen) atoms. The van der Waals surface area contributed by atoms with E-state index in [-0.39, 0.29) is 6.10 Å². The molecule has 4 nitrogen and oxygen atoms in total. The number of ether oxygens (including phenoxy) is 1. The fraction of sp³-hybridized carbons (Fsp3) is 0.400. The van der Waals surface area contributed by atoms with Gasteiger partial charge in [-0.15, -0.1) is 0 Å².